The number of carbonyl (C=O) groups is 1. The van der Waals surface area contributed by atoms with E-state index in [1.54, 1.807) is 0 Å². The molecule has 29 heavy (non-hydrogen) atoms. The summed E-state index contributed by atoms with van der Waals surface area (Å²) in [5, 5.41) is 12.0. The van der Waals surface area contributed by atoms with Gasteiger partial charge in [-0.15, -0.1) is 10.2 Å². The number of sulfonamides is 1. The normalized spacial score (nSPS) is 11.9. The van der Waals surface area contributed by atoms with Crippen LogP contribution in [0.25, 0.3) is 0 Å². The SMILES string of the molecule is Cc1c(C)c(C)c(S(=O)(=O)NCCC(=O)Nc2nnc(CC(C)C)s2)c(C)c1C. The first-order valence-electron chi connectivity index (χ1n) is 9.62. The minimum atomic E-state index is -3.72. The number of nitrogens with one attached hydrogen (secondary N) is 2. The van der Waals surface area contributed by atoms with Gasteiger partial charge in [0.1, 0.15) is 5.01 Å². The van der Waals surface area contributed by atoms with Gasteiger partial charge in [-0.05, 0) is 68.4 Å². The van der Waals surface area contributed by atoms with E-state index < -0.39 is 10.0 Å². The molecule has 7 nitrogen and oxygen atoms in total. The van der Waals surface area contributed by atoms with Crippen LogP contribution in [0.15, 0.2) is 4.90 Å². The molecule has 0 fully saturated rings. The van der Waals surface area contributed by atoms with Crippen molar-refractivity contribution < 1.29 is 13.2 Å². The van der Waals surface area contributed by atoms with Gasteiger partial charge < -0.3 is 5.32 Å². The highest BCUT2D eigenvalue weighted by atomic mass is 32.2. The van der Waals surface area contributed by atoms with E-state index in [2.05, 4.69) is 34.1 Å². The lowest BCUT2D eigenvalue weighted by atomic mass is 9.95. The molecule has 0 aliphatic carbocycles. The van der Waals surface area contributed by atoms with Gasteiger partial charge in [0, 0.05) is 19.4 Å². The number of hydrogen-bond acceptors (Lipinski definition) is 6. The number of benzene rings is 1. The van der Waals surface area contributed by atoms with Gasteiger partial charge in [0.15, 0.2) is 0 Å². The Bertz CT molecular complexity index is 982. The van der Waals surface area contributed by atoms with E-state index in [1.165, 1.54) is 11.3 Å². The number of nitrogens with zero attached hydrogens (tertiary/aromatic N) is 2. The highest BCUT2D eigenvalue weighted by Crippen LogP contribution is 2.29. The number of carbonyl (C=O) groups excluding carboxylic acids is 1. The van der Waals surface area contributed by atoms with Crippen LogP contribution in [-0.2, 0) is 21.2 Å². The summed E-state index contributed by atoms with van der Waals surface area (Å²) in [6, 6.07) is 0. The average Bonchev–Trinajstić information content (AvgIpc) is 3.03. The first-order valence-corrected chi connectivity index (χ1v) is 11.9. The van der Waals surface area contributed by atoms with Crippen LogP contribution in [0.3, 0.4) is 0 Å². The largest absolute Gasteiger partial charge is 0.300 e. The molecular formula is C20H30N4O3S2. The van der Waals surface area contributed by atoms with Gasteiger partial charge in [-0.3, -0.25) is 4.79 Å². The molecule has 0 saturated carbocycles. The van der Waals surface area contributed by atoms with Crippen LogP contribution in [0.4, 0.5) is 5.13 Å². The Hall–Kier alpha value is -1.84. The highest BCUT2D eigenvalue weighted by Gasteiger charge is 2.23. The molecule has 0 unspecified atom stereocenters. The summed E-state index contributed by atoms with van der Waals surface area (Å²) >= 11 is 1.34. The van der Waals surface area contributed by atoms with Crippen LogP contribution in [0.2, 0.25) is 0 Å². The Balaban J connectivity index is 2.01. The maximum Gasteiger partial charge on any atom is 0.241 e. The quantitative estimate of drug-likeness (QED) is 0.656. The summed E-state index contributed by atoms with van der Waals surface area (Å²) in [6.07, 6.45) is 0.821. The van der Waals surface area contributed by atoms with Gasteiger partial charge in [-0.25, -0.2) is 13.1 Å². The smallest absolute Gasteiger partial charge is 0.241 e. The van der Waals surface area contributed by atoms with Gasteiger partial charge in [0.25, 0.3) is 0 Å². The second-order valence-corrected chi connectivity index (χ2v) is 10.5. The van der Waals surface area contributed by atoms with E-state index in [0.717, 1.165) is 39.2 Å². The minimum absolute atomic E-state index is 0.0106. The summed E-state index contributed by atoms with van der Waals surface area (Å²) in [7, 11) is -3.72. The molecule has 0 atom stereocenters. The van der Waals surface area contributed by atoms with E-state index in [1.807, 2.05) is 34.6 Å². The van der Waals surface area contributed by atoms with Crippen LogP contribution in [0.5, 0.6) is 0 Å². The molecule has 1 aromatic carbocycles. The van der Waals surface area contributed by atoms with Gasteiger partial charge in [-0.2, -0.15) is 0 Å². The van der Waals surface area contributed by atoms with Crippen molar-refractivity contribution in [2.45, 2.75) is 66.2 Å². The van der Waals surface area contributed by atoms with Crippen molar-refractivity contribution in [2.75, 3.05) is 11.9 Å². The molecule has 2 rings (SSSR count). The van der Waals surface area contributed by atoms with E-state index in [9.17, 15) is 13.2 Å². The summed E-state index contributed by atoms with van der Waals surface area (Å²) in [5.41, 5.74) is 4.54. The molecule has 0 bridgehead atoms. The molecule has 9 heteroatoms. The molecule has 0 radical (unpaired) electrons. The molecule has 1 heterocycles. The van der Waals surface area contributed by atoms with Gasteiger partial charge in [0.2, 0.25) is 21.1 Å². The predicted molar refractivity (Wildman–Crippen MR) is 117 cm³/mol. The molecule has 160 valence electrons. The number of rotatable bonds is 8. The third-order valence-electron chi connectivity index (χ3n) is 5.14. The molecule has 0 spiro atoms. The second-order valence-electron chi connectivity index (χ2n) is 7.75. The number of hydrogen-bond donors (Lipinski definition) is 2. The second kappa shape index (κ2) is 9.32. The zero-order valence-electron chi connectivity index (χ0n) is 18.1. The van der Waals surface area contributed by atoms with Gasteiger partial charge in [0.05, 0.1) is 4.90 Å². The molecular weight excluding hydrogens is 408 g/mol. The van der Waals surface area contributed by atoms with E-state index >= 15 is 0 Å². The van der Waals surface area contributed by atoms with Crippen molar-refractivity contribution in [2.24, 2.45) is 5.92 Å². The van der Waals surface area contributed by atoms with Crippen molar-refractivity contribution >= 4 is 32.4 Å². The van der Waals surface area contributed by atoms with Crippen LogP contribution in [0.1, 0.15) is 53.1 Å². The number of amides is 1. The summed E-state index contributed by atoms with van der Waals surface area (Å²) in [6.45, 7) is 13.7. The van der Waals surface area contributed by atoms with Crippen molar-refractivity contribution in [3.05, 3.63) is 32.8 Å². The van der Waals surface area contributed by atoms with Crippen LogP contribution in [0, 0.1) is 40.5 Å². The third-order valence-corrected chi connectivity index (χ3v) is 7.74. The molecule has 1 aromatic heterocycles. The Kier molecular flexibility index (Phi) is 7.53. The van der Waals surface area contributed by atoms with Crippen molar-refractivity contribution in [3.63, 3.8) is 0 Å². The molecule has 0 aliphatic heterocycles. The molecule has 2 aromatic rings. The summed E-state index contributed by atoms with van der Waals surface area (Å²) in [4.78, 5) is 12.5. The fourth-order valence-corrected chi connectivity index (χ4v) is 5.75. The first-order chi connectivity index (χ1) is 13.4. The van der Waals surface area contributed by atoms with E-state index in [-0.39, 0.29) is 18.9 Å². The van der Waals surface area contributed by atoms with Crippen molar-refractivity contribution in [1.29, 1.82) is 0 Å². The molecule has 1 amide bonds. The zero-order valence-corrected chi connectivity index (χ0v) is 19.8. The van der Waals surface area contributed by atoms with Gasteiger partial charge >= 0.3 is 0 Å². The number of anilines is 1. The lowest BCUT2D eigenvalue weighted by Crippen LogP contribution is -2.29. The maximum absolute atomic E-state index is 12.9. The molecule has 0 saturated heterocycles. The summed E-state index contributed by atoms with van der Waals surface area (Å²) < 4.78 is 28.3. The first kappa shape index (κ1) is 23.4. The lowest BCUT2D eigenvalue weighted by molar-refractivity contribution is -0.116. The van der Waals surface area contributed by atoms with E-state index in [0.29, 0.717) is 15.9 Å². The number of aromatic nitrogens is 2. The standard InChI is InChI=1S/C20H30N4O3S2/c1-11(2)10-18-23-24-20(28-18)22-17(25)8-9-21-29(26,27)19-15(6)13(4)12(3)14(5)16(19)7/h11,21H,8-10H2,1-7H3,(H,22,24,25). The van der Waals surface area contributed by atoms with Crippen LogP contribution < -0.4 is 10.0 Å². The lowest BCUT2D eigenvalue weighted by Gasteiger charge is -2.19. The average molecular weight is 439 g/mol. The van der Waals surface area contributed by atoms with Crippen molar-refractivity contribution in [3.8, 4) is 0 Å². The minimum Gasteiger partial charge on any atom is -0.300 e. The monoisotopic (exact) mass is 438 g/mol. The van der Waals surface area contributed by atoms with Crippen LogP contribution >= 0.6 is 11.3 Å². The Morgan fingerprint density at radius 2 is 1.52 bits per heavy atom. The van der Waals surface area contributed by atoms with Crippen molar-refractivity contribution in [1.82, 2.24) is 14.9 Å². The highest BCUT2D eigenvalue weighted by molar-refractivity contribution is 7.89. The topological polar surface area (TPSA) is 101 Å². The van der Waals surface area contributed by atoms with Gasteiger partial charge in [-0.1, -0.05) is 25.2 Å². The van der Waals surface area contributed by atoms with Crippen LogP contribution in [-0.4, -0.2) is 31.1 Å². The Labute approximate surface area is 177 Å². The Morgan fingerprint density at radius 1 is 0.966 bits per heavy atom. The molecule has 0 aliphatic rings. The molecule has 2 N–H and O–H groups in total. The third kappa shape index (κ3) is 5.61. The fourth-order valence-electron chi connectivity index (χ4n) is 3.16. The fraction of sp³-hybridized carbons (Fsp3) is 0.550. The summed E-state index contributed by atoms with van der Waals surface area (Å²) in [5.74, 6) is 0.159. The van der Waals surface area contributed by atoms with E-state index in [4.69, 9.17) is 0 Å². The predicted octanol–water partition coefficient (Wildman–Crippen LogP) is 3.59. The zero-order chi connectivity index (χ0) is 21.9. The maximum atomic E-state index is 12.9. The Morgan fingerprint density at radius 3 is 2.07 bits per heavy atom.